The third-order valence-corrected chi connectivity index (χ3v) is 24.2. The van der Waals surface area contributed by atoms with Crippen molar-refractivity contribution in [1.82, 2.24) is 0 Å². The number of hydrogen-bond donors (Lipinski definition) is 0. The Morgan fingerprint density at radius 3 is 0.710 bits per heavy atom. The SMILES string of the molecule is COc1c(C(F)(F)F)cc2c(F)c(F)c(F)c(F)c2c1-c1c(C(C)(C)C)c(C(F)(F)F)cc2c(F)c(F)c(F)c(F)c12.Cc1c(C(F)(F)F)cc2c(F)c(F)c(F)c(F)c2c1-c1c(C(C)(C)C)c(C(F)(F)F)cc2c(F)c(F)c(F)c(F)c12.Cc1c(F)cc2c(F)c(F)c(F)c(F)c2c1-c1c(C(C)(C)C)c(F)cc2c(F)c(F)c(F)c(F)c12.Cc1c(F)cc2ccccc2c1-c1c(C(C)(C)C)c(F)cc2ccccc12. The van der Waals surface area contributed by atoms with Crippen molar-refractivity contribution in [2.24, 2.45) is 0 Å². The molecule has 0 bridgehead atoms. The van der Waals surface area contributed by atoms with Gasteiger partial charge in [-0.2, -0.15) is 52.7 Å². The van der Waals surface area contributed by atoms with Gasteiger partial charge in [-0.15, -0.1) is 0 Å². The Balaban J connectivity index is 0.000000164. The number of halogens is 40. The molecule has 0 aliphatic heterocycles. The first-order chi connectivity index (χ1) is 66.5. The molecule has 1 nitrogen and oxygen atoms in total. The highest BCUT2D eigenvalue weighted by molar-refractivity contribution is 6.15. The van der Waals surface area contributed by atoms with Gasteiger partial charge in [0.05, 0.1) is 29.4 Å². The molecule has 0 amide bonds. The van der Waals surface area contributed by atoms with Crippen molar-refractivity contribution >= 4 is 86.2 Å². The summed E-state index contributed by atoms with van der Waals surface area (Å²) in [4.78, 5) is 0. The maximum absolute atomic E-state index is 15.4. The molecule has 0 fully saturated rings. The van der Waals surface area contributed by atoms with Crippen molar-refractivity contribution in [2.75, 3.05) is 7.11 Å². The first kappa shape index (κ1) is 109. The van der Waals surface area contributed by atoms with Gasteiger partial charge in [-0.05, 0) is 168 Å². The Morgan fingerprint density at radius 2 is 0.400 bits per heavy atom. The molecule has 16 aromatic rings. The fourth-order valence-corrected chi connectivity index (χ4v) is 18.3. The van der Waals surface area contributed by atoms with Crippen LogP contribution < -0.4 is 4.74 Å². The Morgan fingerprint density at radius 1 is 0.186 bits per heavy atom. The Hall–Kier alpha value is -13.4. The summed E-state index contributed by atoms with van der Waals surface area (Å²) in [6, 6.07) is 18.8. The number of benzene rings is 16. The molecule has 0 unspecified atom stereocenters. The zero-order chi connectivity index (χ0) is 109. The fraction of sp³-hybridized carbons (Fsp3) is 0.231. The van der Waals surface area contributed by atoms with E-state index in [1.807, 2.05) is 69.3 Å². The maximum atomic E-state index is 15.4. The highest BCUT2D eigenvalue weighted by Gasteiger charge is 2.49. The van der Waals surface area contributed by atoms with Crippen LogP contribution in [0.2, 0.25) is 0 Å². The molecule has 0 spiro atoms. The van der Waals surface area contributed by atoms with Crippen LogP contribution in [0.1, 0.15) is 144 Å². The van der Waals surface area contributed by atoms with Crippen molar-refractivity contribution in [3.8, 4) is 50.3 Å². The van der Waals surface area contributed by atoms with E-state index in [1.165, 1.54) is 20.8 Å². The van der Waals surface area contributed by atoms with E-state index in [0.29, 0.717) is 37.3 Å². The van der Waals surface area contributed by atoms with Crippen LogP contribution in [0.15, 0.2) is 97.1 Å². The van der Waals surface area contributed by atoms with Crippen LogP contribution in [0.5, 0.6) is 5.75 Å². The minimum atomic E-state index is -5.62. The smallest absolute Gasteiger partial charge is 0.420 e. The van der Waals surface area contributed by atoms with Crippen LogP contribution in [0.4, 0.5) is 176 Å². The summed E-state index contributed by atoms with van der Waals surface area (Å²) in [7, 11) is 0.470. The van der Waals surface area contributed by atoms with Gasteiger partial charge in [-0.25, -0.2) is 123 Å². The molecular formula is C104H64F40O. The predicted octanol–water partition coefficient (Wildman–Crippen LogP) is 36.7. The summed E-state index contributed by atoms with van der Waals surface area (Å²) < 4.78 is 587. The Labute approximate surface area is 792 Å². The fourth-order valence-electron chi connectivity index (χ4n) is 18.3. The molecule has 0 N–H and O–H groups in total. The molecule has 766 valence electrons. The molecule has 16 aromatic carbocycles. The number of ether oxygens (including phenoxy) is 1. The van der Waals surface area contributed by atoms with Crippen LogP contribution >= 0.6 is 0 Å². The summed E-state index contributed by atoms with van der Waals surface area (Å²) in [6.45, 7) is 19.4. The number of methoxy groups -OCH3 is 1. The lowest BCUT2D eigenvalue weighted by Crippen LogP contribution is -2.22. The van der Waals surface area contributed by atoms with Crippen LogP contribution in [-0.4, -0.2) is 7.11 Å². The zero-order valence-corrected chi connectivity index (χ0v) is 76.8. The van der Waals surface area contributed by atoms with Crippen molar-refractivity contribution in [3.05, 3.63) is 321 Å². The van der Waals surface area contributed by atoms with E-state index in [1.54, 1.807) is 19.1 Å². The van der Waals surface area contributed by atoms with Crippen molar-refractivity contribution in [1.29, 1.82) is 0 Å². The first-order valence-corrected chi connectivity index (χ1v) is 41.9. The standard InChI is InChI=1S/C27H14F14O.C27H14F14.C25H14F10.C25H22F2/c1-25(2,3)15-9(26(36,37)38)5-7-11(18(30)22(34)20(32)16(7)28)13(15)14-12-8(17(29)21(33)23(35)19(12)31)6-10(24(14)42-4)27(39,40)41;1-7-10(26(36,37)38)5-8-13(19(30)23(34)21(32)17(8)28)12(7)15-14-9(18(29)22(33)24(35)20(14)31)6-11(27(39,40)41)16(15)25(2,3)4;1-7-10(26)5-8-13(19(30)23(34)21(32)17(8)28)12(7)15-14-9(6-11(27)16(15)25(2,3)4)18(29)22(33)24(35)20(14)31;1-15-20(26)13-16-9-5-7-11-18(16)22(15)23-19-12-8-6-10-17(19)14-21(27)24(23)25(2,3)4/h5-6H,1-4H3;5-6H,1-4H3;5-6H,1-4H3;5-14H,1-4H3. The highest BCUT2D eigenvalue weighted by atomic mass is 19.4. The quantitative estimate of drug-likeness (QED) is 0.0948. The van der Waals surface area contributed by atoms with Crippen molar-refractivity contribution in [3.63, 3.8) is 0 Å². The number of fused-ring (bicyclic) bond motifs is 8. The third kappa shape index (κ3) is 18.0. The summed E-state index contributed by atoms with van der Waals surface area (Å²) in [5.41, 5.74) is -23.5. The maximum Gasteiger partial charge on any atom is 0.420 e. The van der Waals surface area contributed by atoms with Gasteiger partial charge in [0.15, 0.2) is 140 Å². The molecule has 145 heavy (non-hydrogen) atoms. The van der Waals surface area contributed by atoms with E-state index < -0.39 is 351 Å². The normalized spacial score (nSPS) is 12.7. The van der Waals surface area contributed by atoms with E-state index in [-0.39, 0.29) is 35.9 Å². The molecule has 0 aromatic heterocycles. The molecule has 0 radical (unpaired) electrons. The second-order valence-corrected chi connectivity index (χ2v) is 37.5. The van der Waals surface area contributed by atoms with Gasteiger partial charge in [0.1, 0.15) is 29.0 Å². The van der Waals surface area contributed by atoms with E-state index in [9.17, 15) is 140 Å². The van der Waals surface area contributed by atoms with Gasteiger partial charge in [0.25, 0.3) is 0 Å². The third-order valence-electron chi connectivity index (χ3n) is 24.2. The van der Waals surface area contributed by atoms with E-state index in [0.717, 1.165) is 81.1 Å². The van der Waals surface area contributed by atoms with E-state index in [4.69, 9.17) is 4.74 Å². The van der Waals surface area contributed by atoms with Crippen molar-refractivity contribution < 1.29 is 180 Å². The minimum Gasteiger partial charge on any atom is -0.495 e. The minimum absolute atomic E-state index is 0.108. The number of hydrogen-bond acceptors (Lipinski definition) is 1. The summed E-state index contributed by atoms with van der Waals surface area (Å²) in [6.07, 6.45) is -22.2. The Kier molecular flexibility index (Phi) is 27.8. The molecule has 0 saturated heterocycles. The van der Waals surface area contributed by atoms with Crippen molar-refractivity contribution in [2.45, 2.75) is 150 Å². The van der Waals surface area contributed by atoms with E-state index in [2.05, 4.69) is 0 Å². The lowest BCUT2D eigenvalue weighted by Gasteiger charge is -2.31. The van der Waals surface area contributed by atoms with Gasteiger partial charge >= 0.3 is 24.7 Å². The number of rotatable bonds is 5. The van der Waals surface area contributed by atoms with Gasteiger partial charge in [0.2, 0.25) is 0 Å². The van der Waals surface area contributed by atoms with Crippen LogP contribution in [0, 0.1) is 184 Å². The lowest BCUT2D eigenvalue weighted by molar-refractivity contribution is -0.139. The summed E-state index contributed by atoms with van der Waals surface area (Å²) in [5, 5.41) is -14.0. The lowest BCUT2D eigenvalue weighted by atomic mass is 9.74. The molecule has 0 heterocycles. The molecule has 0 aliphatic carbocycles. The van der Waals surface area contributed by atoms with E-state index >= 15 is 35.1 Å². The van der Waals surface area contributed by atoms with Gasteiger partial charge in [-0.1, -0.05) is 132 Å². The van der Waals surface area contributed by atoms with Crippen LogP contribution in [0.25, 0.3) is 131 Å². The van der Waals surface area contributed by atoms with Gasteiger partial charge < -0.3 is 4.74 Å². The predicted molar refractivity (Wildman–Crippen MR) is 462 cm³/mol. The Bertz CT molecular complexity index is 8230. The first-order valence-electron chi connectivity index (χ1n) is 41.9. The second kappa shape index (κ2) is 37.0. The zero-order valence-electron chi connectivity index (χ0n) is 76.8. The summed E-state index contributed by atoms with van der Waals surface area (Å²) in [5.74, 6) is -62.1. The molecule has 0 atom stereocenters. The average Bonchev–Trinajstić information content (AvgIpc) is 0.703. The summed E-state index contributed by atoms with van der Waals surface area (Å²) >= 11 is 0. The highest BCUT2D eigenvalue weighted by Crippen LogP contribution is 2.59. The van der Waals surface area contributed by atoms with Gasteiger partial charge in [0, 0.05) is 92.5 Å². The molecule has 0 aliphatic rings. The molecule has 41 heteroatoms. The van der Waals surface area contributed by atoms with Gasteiger partial charge in [-0.3, -0.25) is 0 Å². The average molecular weight is 2090 g/mol. The topological polar surface area (TPSA) is 9.23 Å². The molecule has 16 rings (SSSR count). The second-order valence-electron chi connectivity index (χ2n) is 37.5. The monoisotopic (exact) mass is 2090 g/mol. The molecular weight excluding hydrogens is 2030 g/mol. The van der Waals surface area contributed by atoms with Crippen LogP contribution in [-0.2, 0) is 46.4 Å². The molecule has 0 saturated carbocycles. The largest absolute Gasteiger partial charge is 0.495 e. The number of alkyl halides is 12. The van der Waals surface area contributed by atoms with Crippen LogP contribution in [0.3, 0.4) is 0 Å².